The van der Waals surface area contributed by atoms with E-state index < -0.39 is 11.9 Å². The summed E-state index contributed by atoms with van der Waals surface area (Å²) >= 11 is 12.0. The van der Waals surface area contributed by atoms with Gasteiger partial charge in [-0.05, 0) is 64.1 Å². The highest BCUT2D eigenvalue weighted by molar-refractivity contribution is 6.35. The molecule has 1 aliphatic heterocycles. The van der Waals surface area contributed by atoms with Gasteiger partial charge in [0.15, 0.2) is 0 Å². The van der Waals surface area contributed by atoms with Crippen LogP contribution in [0.15, 0.2) is 18.2 Å². The number of piperidine rings is 1. The lowest BCUT2D eigenvalue weighted by Crippen LogP contribution is -2.45. The van der Waals surface area contributed by atoms with Crippen LogP contribution in [-0.4, -0.2) is 84.2 Å². The maximum Gasteiger partial charge on any atom is 0.414 e. The summed E-state index contributed by atoms with van der Waals surface area (Å²) in [5, 5.41) is 19.0. The molecule has 1 aromatic rings. The molecule has 2 rings (SSSR count). The molecule has 0 saturated carbocycles. The number of carbonyl (C=O) groups is 3. The summed E-state index contributed by atoms with van der Waals surface area (Å²) in [6.07, 6.45) is 2.96. The van der Waals surface area contributed by atoms with E-state index in [9.17, 15) is 4.79 Å². The molecule has 10 heteroatoms. The van der Waals surface area contributed by atoms with Crippen molar-refractivity contribution in [2.24, 2.45) is 0 Å². The Labute approximate surface area is 180 Å². The molecule has 0 unspecified atom stereocenters. The van der Waals surface area contributed by atoms with Crippen LogP contribution in [0.3, 0.4) is 0 Å². The number of carbonyl (C=O) groups excluding carboxylic acids is 1. The zero-order valence-electron chi connectivity index (χ0n) is 16.5. The summed E-state index contributed by atoms with van der Waals surface area (Å²) < 4.78 is 0. The Morgan fingerprint density at radius 1 is 1.17 bits per heavy atom. The molecule has 0 aliphatic carbocycles. The number of hydrogen-bond donors (Lipinski definition) is 3. The fraction of sp³-hybridized carbons (Fsp3) is 0.526. The Kier molecular flexibility index (Phi) is 11.0. The molecule has 1 heterocycles. The third-order valence-corrected chi connectivity index (χ3v) is 5.21. The number of benzene rings is 1. The molecule has 162 valence electrons. The Morgan fingerprint density at radius 3 is 2.28 bits per heavy atom. The maximum atomic E-state index is 12.1. The van der Waals surface area contributed by atoms with Crippen molar-refractivity contribution in [2.75, 3.05) is 40.3 Å². The van der Waals surface area contributed by atoms with Gasteiger partial charge >= 0.3 is 11.9 Å². The normalized spacial score (nSPS) is 14.8. The molecular formula is C19H27Cl2N3O5. The quantitative estimate of drug-likeness (QED) is 0.570. The fourth-order valence-electron chi connectivity index (χ4n) is 2.91. The number of aliphatic carboxylic acids is 2. The van der Waals surface area contributed by atoms with Gasteiger partial charge in [-0.15, -0.1) is 0 Å². The van der Waals surface area contributed by atoms with Gasteiger partial charge in [0, 0.05) is 22.6 Å². The lowest BCUT2D eigenvalue weighted by atomic mass is 10.0. The van der Waals surface area contributed by atoms with Crippen LogP contribution in [0.4, 0.5) is 0 Å². The Balaban J connectivity index is 0.000000612. The van der Waals surface area contributed by atoms with Crippen LogP contribution in [0.1, 0.15) is 18.4 Å². The monoisotopic (exact) mass is 447 g/mol. The zero-order chi connectivity index (χ0) is 22.0. The molecule has 1 fully saturated rings. The first-order valence-corrected chi connectivity index (χ1v) is 9.91. The zero-order valence-corrected chi connectivity index (χ0v) is 18.0. The number of likely N-dealkylation sites (N-methyl/N-ethyl adjacent to an activating group) is 1. The molecule has 0 bridgehead atoms. The van der Waals surface area contributed by atoms with Crippen LogP contribution < -0.4 is 5.32 Å². The lowest BCUT2D eigenvalue weighted by molar-refractivity contribution is -0.159. The van der Waals surface area contributed by atoms with Gasteiger partial charge < -0.3 is 20.4 Å². The number of nitrogens with one attached hydrogen (secondary N) is 1. The SMILES string of the molecule is CN1CCC(N(C)CC(=O)NCCc2ccc(Cl)cc2Cl)CC1.O=C(O)C(=O)O. The standard InChI is InChI=1S/C17H25Cl2N3O.C2H2O4/c1-21-9-6-15(7-10-21)22(2)12-17(23)20-8-5-13-3-4-14(18)11-16(13)19;3-1(4)2(5)6/h3-4,11,15H,5-10,12H2,1-2H3,(H,20,23);(H,3,4)(H,5,6). The molecule has 0 aromatic heterocycles. The summed E-state index contributed by atoms with van der Waals surface area (Å²) in [7, 11) is 4.18. The number of amides is 1. The van der Waals surface area contributed by atoms with Gasteiger partial charge in [-0.1, -0.05) is 29.3 Å². The number of carboxylic acids is 2. The average Bonchev–Trinajstić information content (AvgIpc) is 2.64. The van der Waals surface area contributed by atoms with E-state index in [4.69, 9.17) is 43.0 Å². The predicted molar refractivity (Wildman–Crippen MR) is 112 cm³/mol. The molecule has 0 atom stereocenters. The molecule has 1 saturated heterocycles. The van der Waals surface area contributed by atoms with Crippen LogP contribution in [0.5, 0.6) is 0 Å². The van der Waals surface area contributed by atoms with Crippen LogP contribution in [0.25, 0.3) is 0 Å². The predicted octanol–water partition coefficient (Wildman–Crippen LogP) is 1.83. The molecule has 3 N–H and O–H groups in total. The highest BCUT2D eigenvalue weighted by Gasteiger charge is 2.21. The van der Waals surface area contributed by atoms with Crippen LogP contribution in [-0.2, 0) is 20.8 Å². The number of hydrogen-bond acceptors (Lipinski definition) is 5. The first-order valence-electron chi connectivity index (χ1n) is 9.15. The third kappa shape index (κ3) is 9.94. The van der Waals surface area contributed by atoms with E-state index >= 15 is 0 Å². The van der Waals surface area contributed by atoms with Crippen molar-refractivity contribution in [1.29, 1.82) is 0 Å². The molecule has 8 nitrogen and oxygen atoms in total. The molecule has 1 amide bonds. The van der Waals surface area contributed by atoms with E-state index in [1.807, 2.05) is 19.2 Å². The van der Waals surface area contributed by atoms with Crippen molar-refractivity contribution < 1.29 is 24.6 Å². The molecule has 0 radical (unpaired) electrons. The Morgan fingerprint density at radius 2 is 1.76 bits per heavy atom. The summed E-state index contributed by atoms with van der Waals surface area (Å²) in [6.45, 7) is 3.24. The smallest absolute Gasteiger partial charge is 0.414 e. The first kappa shape index (κ1) is 25.2. The minimum Gasteiger partial charge on any atom is -0.473 e. The molecule has 1 aromatic carbocycles. The van der Waals surface area contributed by atoms with Crippen molar-refractivity contribution in [3.63, 3.8) is 0 Å². The Hall–Kier alpha value is -1.87. The highest BCUT2D eigenvalue weighted by Crippen LogP contribution is 2.21. The molecule has 1 aliphatic rings. The van der Waals surface area contributed by atoms with E-state index in [1.54, 1.807) is 6.07 Å². The number of carboxylic acid groups (broad SMARTS) is 2. The minimum absolute atomic E-state index is 0.0662. The van der Waals surface area contributed by atoms with E-state index in [0.29, 0.717) is 35.6 Å². The minimum atomic E-state index is -1.82. The van der Waals surface area contributed by atoms with Gasteiger partial charge in [0.1, 0.15) is 0 Å². The van der Waals surface area contributed by atoms with E-state index in [-0.39, 0.29) is 5.91 Å². The van der Waals surface area contributed by atoms with Crippen molar-refractivity contribution in [3.05, 3.63) is 33.8 Å². The Bertz CT molecular complexity index is 697. The van der Waals surface area contributed by atoms with Gasteiger partial charge in [-0.25, -0.2) is 9.59 Å². The summed E-state index contributed by atoms with van der Waals surface area (Å²) in [5.41, 5.74) is 1.00. The van der Waals surface area contributed by atoms with Gasteiger partial charge in [0.2, 0.25) is 5.91 Å². The summed E-state index contributed by atoms with van der Waals surface area (Å²) in [4.78, 5) is 34.8. The number of nitrogens with zero attached hydrogens (tertiary/aromatic N) is 2. The van der Waals surface area contributed by atoms with Crippen molar-refractivity contribution in [2.45, 2.75) is 25.3 Å². The van der Waals surface area contributed by atoms with Gasteiger partial charge in [0.05, 0.1) is 6.54 Å². The first-order chi connectivity index (χ1) is 13.6. The summed E-state index contributed by atoms with van der Waals surface area (Å²) in [5.74, 6) is -3.58. The number of rotatable bonds is 6. The van der Waals surface area contributed by atoms with Gasteiger partial charge in [0.25, 0.3) is 0 Å². The van der Waals surface area contributed by atoms with Gasteiger partial charge in [-0.3, -0.25) is 9.69 Å². The van der Waals surface area contributed by atoms with Crippen LogP contribution in [0.2, 0.25) is 10.0 Å². The van der Waals surface area contributed by atoms with Crippen molar-refractivity contribution in [3.8, 4) is 0 Å². The van der Waals surface area contributed by atoms with E-state index in [2.05, 4.69) is 22.2 Å². The highest BCUT2D eigenvalue weighted by atomic mass is 35.5. The second-order valence-corrected chi connectivity index (χ2v) is 7.74. The van der Waals surface area contributed by atoms with Crippen LogP contribution in [0, 0.1) is 0 Å². The fourth-order valence-corrected chi connectivity index (χ4v) is 3.41. The van der Waals surface area contributed by atoms with E-state index in [1.165, 1.54) is 0 Å². The second kappa shape index (κ2) is 12.6. The molecule has 0 spiro atoms. The number of halogens is 2. The topological polar surface area (TPSA) is 110 Å². The third-order valence-electron chi connectivity index (χ3n) is 4.62. The van der Waals surface area contributed by atoms with E-state index in [0.717, 1.165) is 31.5 Å². The average molecular weight is 448 g/mol. The summed E-state index contributed by atoms with van der Waals surface area (Å²) in [6, 6.07) is 5.95. The van der Waals surface area contributed by atoms with Crippen LogP contribution >= 0.6 is 23.2 Å². The van der Waals surface area contributed by atoms with Gasteiger partial charge in [-0.2, -0.15) is 0 Å². The second-order valence-electron chi connectivity index (χ2n) is 6.90. The molecule has 29 heavy (non-hydrogen) atoms. The van der Waals surface area contributed by atoms with Crippen molar-refractivity contribution >= 4 is 41.0 Å². The lowest BCUT2D eigenvalue weighted by Gasteiger charge is -2.34. The largest absolute Gasteiger partial charge is 0.473 e. The molecular weight excluding hydrogens is 421 g/mol. The number of likely N-dealkylation sites (tertiary alicyclic amines) is 1. The maximum absolute atomic E-state index is 12.1. The van der Waals surface area contributed by atoms with Crippen molar-refractivity contribution in [1.82, 2.24) is 15.1 Å².